The van der Waals surface area contributed by atoms with E-state index in [-0.39, 0.29) is 24.4 Å². The Labute approximate surface area is 157 Å². The van der Waals surface area contributed by atoms with Crippen LogP contribution in [0.2, 0.25) is 0 Å². The summed E-state index contributed by atoms with van der Waals surface area (Å²) < 4.78 is 5.46. The van der Waals surface area contributed by atoms with E-state index in [1.165, 1.54) is 57.8 Å². The van der Waals surface area contributed by atoms with Crippen molar-refractivity contribution in [2.45, 2.75) is 97.4 Å². The Hall–Kier alpha value is -0.280. The van der Waals surface area contributed by atoms with E-state index >= 15 is 0 Å². The Kier molecular flexibility index (Phi) is 19.0. The van der Waals surface area contributed by atoms with E-state index in [1.54, 1.807) is 0 Å². The average Bonchev–Trinajstić information content (AvgIpc) is 2.49. The summed E-state index contributed by atoms with van der Waals surface area (Å²) in [6, 6.07) is -0.0990. The lowest BCUT2D eigenvalue weighted by molar-refractivity contribution is -0.149. The standard InChI is InChI=1S/C20H41NO2.ClH/c1-6-7-8-9-10-11-12-13-14-15-16-23-20(22)19(21(4)5)17-18(2)3;/h18-19H,6-17H2,1-5H3;1H. The van der Waals surface area contributed by atoms with Crippen molar-refractivity contribution in [1.82, 2.24) is 4.90 Å². The Morgan fingerprint density at radius 2 is 1.33 bits per heavy atom. The summed E-state index contributed by atoms with van der Waals surface area (Å²) in [5.41, 5.74) is 0. The number of nitrogens with zero attached hydrogens (tertiary/aromatic N) is 1. The number of esters is 1. The molecule has 24 heavy (non-hydrogen) atoms. The second kappa shape index (κ2) is 17.5. The molecule has 0 rings (SSSR count). The predicted molar refractivity (Wildman–Crippen MR) is 107 cm³/mol. The van der Waals surface area contributed by atoms with E-state index < -0.39 is 0 Å². The molecule has 0 spiro atoms. The minimum Gasteiger partial charge on any atom is -0.465 e. The summed E-state index contributed by atoms with van der Waals surface area (Å²) in [7, 11) is 3.91. The molecule has 0 heterocycles. The van der Waals surface area contributed by atoms with Crippen molar-refractivity contribution in [2.75, 3.05) is 20.7 Å². The first-order valence-corrected chi connectivity index (χ1v) is 9.82. The largest absolute Gasteiger partial charge is 0.465 e. The van der Waals surface area contributed by atoms with E-state index in [2.05, 4.69) is 20.8 Å². The molecule has 0 fully saturated rings. The maximum Gasteiger partial charge on any atom is 0.323 e. The number of ether oxygens (including phenoxy) is 1. The first-order chi connectivity index (χ1) is 11.0. The molecule has 4 heteroatoms. The van der Waals surface area contributed by atoms with Crippen LogP contribution in [0, 0.1) is 5.92 Å². The lowest BCUT2D eigenvalue weighted by Crippen LogP contribution is -2.38. The smallest absolute Gasteiger partial charge is 0.323 e. The quantitative estimate of drug-likeness (QED) is 0.270. The van der Waals surface area contributed by atoms with E-state index in [0.29, 0.717) is 12.5 Å². The molecule has 0 bridgehead atoms. The van der Waals surface area contributed by atoms with Crippen LogP contribution in [0.3, 0.4) is 0 Å². The molecule has 1 unspecified atom stereocenters. The summed E-state index contributed by atoms with van der Waals surface area (Å²) in [6.07, 6.45) is 13.9. The van der Waals surface area contributed by atoms with Gasteiger partial charge < -0.3 is 4.74 Å². The summed E-state index contributed by atoms with van der Waals surface area (Å²) in [4.78, 5) is 14.1. The molecule has 0 aliphatic carbocycles. The van der Waals surface area contributed by atoms with Crippen molar-refractivity contribution in [3.8, 4) is 0 Å². The van der Waals surface area contributed by atoms with Gasteiger partial charge in [-0.2, -0.15) is 0 Å². The van der Waals surface area contributed by atoms with Crippen LogP contribution in [0.15, 0.2) is 0 Å². The van der Waals surface area contributed by atoms with Gasteiger partial charge in [0.25, 0.3) is 0 Å². The second-order valence-corrected chi connectivity index (χ2v) is 7.46. The van der Waals surface area contributed by atoms with Crippen LogP contribution in [0.5, 0.6) is 0 Å². The van der Waals surface area contributed by atoms with Crippen molar-refractivity contribution in [3.63, 3.8) is 0 Å². The number of likely N-dealkylation sites (N-methyl/N-ethyl adjacent to an activating group) is 1. The van der Waals surface area contributed by atoms with Gasteiger partial charge in [-0.25, -0.2) is 0 Å². The molecule has 0 saturated heterocycles. The third-order valence-electron chi connectivity index (χ3n) is 4.33. The molecule has 3 nitrogen and oxygen atoms in total. The van der Waals surface area contributed by atoms with Crippen LogP contribution >= 0.6 is 12.4 Å². The van der Waals surface area contributed by atoms with Crippen LogP contribution in [-0.4, -0.2) is 37.6 Å². The molecule has 0 amide bonds. The number of halogens is 1. The summed E-state index contributed by atoms with van der Waals surface area (Å²) >= 11 is 0. The number of hydrogen-bond acceptors (Lipinski definition) is 3. The maximum absolute atomic E-state index is 12.1. The highest BCUT2D eigenvalue weighted by atomic mass is 35.5. The SMILES string of the molecule is CCCCCCCCCCCCOC(=O)C(CC(C)C)N(C)C.Cl. The molecular weight excluding hydrogens is 322 g/mol. The number of carbonyl (C=O) groups is 1. The van der Waals surface area contributed by atoms with Crippen LogP contribution in [0.1, 0.15) is 91.4 Å². The first kappa shape index (κ1) is 26.0. The Balaban J connectivity index is 0. The highest BCUT2D eigenvalue weighted by molar-refractivity contribution is 5.85. The number of rotatable bonds is 15. The van der Waals surface area contributed by atoms with Crippen molar-refractivity contribution in [2.24, 2.45) is 5.92 Å². The molecular formula is C20H42ClNO2. The number of unbranched alkanes of at least 4 members (excludes halogenated alkanes) is 9. The lowest BCUT2D eigenvalue weighted by Gasteiger charge is -2.24. The monoisotopic (exact) mass is 363 g/mol. The van der Waals surface area contributed by atoms with Gasteiger partial charge in [-0.1, -0.05) is 78.6 Å². The fraction of sp³-hybridized carbons (Fsp3) is 0.950. The Morgan fingerprint density at radius 3 is 1.75 bits per heavy atom. The summed E-state index contributed by atoms with van der Waals surface area (Å²) in [5, 5.41) is 0. The lowest BCUT2D eigenvalue weighted by atomic mass is 10.0. The zero-order valence-electron chi connectivity index (χ0n) is 16.8. The highest BCUT2D eigenvalue weighted by Crippen LogP contribution is 2.12. The van der Waals surface area contributed by atoms with Crippen LogP contribution < -0.4 is 0 Å². The third-order valence-corrected chi connectivity index (χ3v) is 4.33. The first-order valence-electron chi connectivity index (χ1n) is 9.82. The van der Waals surface area contributed by atoms with Crippen LogP contribution in [0.4, 0.5) is 0 Å². The van der Waals surface area contributed by atoms with Gasteiger partial charge in [0.1, 0.15) is 6.04 Å². The zero-order chi connectivity index (χ0) is 17.5. The third kappa shape index (κ3) is 15.3. The van der Waals surface area contributed by atoms with Gasteiger partial charge in [-0.05, 0) is 32.9 Å². The van der Waals surface area contributed by atoms with Crippen molar-refractivity contribution in [1.29, 1.82) is 0 Å². The predicted octanol–water partition coefficient (Wildman–Crippen LogP) is 5.85. The van der Waals surface area contributed by atoms with E-state index in [1.807, 2.05) is 19.0 Å². The number of carbonyl (C=O) groups excluding carboxylic acids is 1. The van der Waals surface area contributed by atoms with E-state index in [4.69, 9.17) is 4.74 Å². The zero-order valence-corrected chi connectivity index (χ0v) is 17.6. The van der Waals surface area contributed by atoms with Gasteiger partial charge in [-0.15, -0.1) is 12.4 Å². The molecule has 0 aliphatic rings. The summed E-state index contributed by atoms with van der Waals surface area (Å²) in [6.45, 7) is 7.13. The van der Waals surface area contributed by atoms with Crippen molar-refractivity contribution >= 4 is 18.4 Å². The average molecular weight is 364 g/mol. The van der Waals surface area contributed by atoms with Gasteiger partial charge in [0, 0.05) is 0 Å². The van der Waals surface area contributed by atoms with Crippen molar-refractivity contribution < 1.29 is 9.53 Å². The van der Waals surface area contributed by atoms with E-state index in [9.17, 15) is 4.79 Å². The topological polar surface area (TPSA) is 29.5 Å². The minimum absolute atomic E-state index is 0. The molecule has 0 aromatic carbocycles. The molecule has 0 aliphatic heterocycles. The number of hydrogen-bond donors (Lipinski definition) is 0. The molecule has 146 valence electrons. The second-order valence-electron chi connectivity index (χ2n) is 7.46. The van der Waals surface area contributed by atoms with Crippen LogP contribution in [-0.2, 0) is 9.53 Å². The fourth-order valence-electron chi connectivity index (χ4n) is 2.82. The fourth-order valence-corrected chi connectivity index (χ4v) is 2.82. The minimum atomic E-state index is -0.0990. The van der Waals surface area contributed by atoms with Crippen molar-refractivity contribution in [3.05, 3.63) is 0 Å². The van der Waals surface area contributed by atoms with Gasteiger partial charge in [0.15, 0.2) is 0 Å². The molecule has 0 aromatic rings. The Bertz CT molecular complexity index is 283. The molecule has 0 radical (unpaired) electrons. The van der Waals surface area contributed by atoms with Gasteiger partial charge in [-0.3, -0.25) is 9.69 Å². The molecule has 0 aromatic heterocycles. The highest BCUT2D eigenvalue weighted by Gasteiger charge is 2.23. The molecule has 1 atom stereocenters. The molecule has 0 saturated carbocycles. The normalized spacial score (nSPS) is 12.3. The van der Waals surface area contributed by atoms with Crippen LogP contribution in [0.25, 0.3) is 0 Å². The maximum atomic E-state index is 12.1. The molecule has 0 N–H and O–H groups in total. The van der Waals surface area contributed by atoms with Gasteiger partial charge in [0.2, 0.25) is 0 Å². The summed E-state index contributed by atoms with van der Waals surface area (Å²) in [5.74, 6) is 0.451. The van der Waals surface area contributed by atoms with Gasteiger partial charge >= 0.3 is 5.97 Å². The Morgan fingerprint density at radius 1 is 0.875 bits per heavy atom. The van der Waals surface area contributed by atoms with Gasteiger partial charge in [0.05, 0.1) is 6.61 Å². The van der Waals surface area contributed by atoms with E-state index in [0.717, 1.165) is 12.8 Å².